The van der Waals surface area contributed by atoms with Gasteiger partial charge in [0.15, 0.2) is 0 Å². The lowest BCUT2D eigenvalue weighted by atomic mass is 10.0. The van der Waals surface area contributed by atoms with E-state index in [4.69, 9.17) is 0 Å². The van der Waals surface area contributed by atoms with Crippen molar-refractivity contribution in [3.63, 3.8) is 0 Å². The predicted octanol–water partition coefficient (Wildman–Crippen LogP) is 1.43. The Balaban J connectivity index is 2.56. The third-order valence-electron chi connectivity index (χ3n) is 2.40. The van der Waals surface area contributed by atoms with E-state index in [1.807, 2.05) is 0 Å². The summed E-state index contributed by atoms with van der Waals surface area (Å²) in [7, 11) is 0. The monoisotopic (exact) mass is 361 g/mol. The minimum Gasteiger partial charge on any atom is -0.344 e. The molecule has 0 fully saturated rings. The highest BCUT2D eigenvalue weighted by molar-refractivity contribution is 9.11. The number of hydrazine groups is 1. The molecule has 0 saturated carbocycles. The maximum atomic E-state index is 11.9. The zero-order chi connectivity index (χ0) is 15.3. The van der Waals surface area contributed by atoms with E-state index < -0.39 is 17.9 Å². The summed E-state index contributed by atoms with van der Waals surface area (Å²) in [6, 6.07) is 2.70. The van der Waals surface area contributed by atoms with Crippen LogP contribution in [0.3, 0.4) is 0 Å². The summed E-state index contributed by atoms with van der Waals surface area (Å²) in [5.74, 6) is -1.25. The van der Waals surface area contributed by atoms with E-state index in [0.717, 1.165) is 3.79 Å². The van der Waals surface area contributed by atoms with Crippen molar-refractivity contribution in [3.8, 4) is 0 Å². The van der Waals surface area contributed by atoms with Crippen molar-refractivity contribution < 1.29 is 14.4 Å². The van der Waals surface area contributed by atoms with Gasteiger partial charge in [0.05, 0.1) is 8.66 Å². The molecule has 1 atom stereocenters. The Morgan fingerprint density at radius 3 is 2.30 bits per heavy atom. The Morgan fingerprint density at radius 2 is 1.85 bits per heavy atom. The second-order valence-corrected chi connectivity index (χ2v) is 6.93. The van der Waals surface area contributed by atoms with Crippen molar-refractivity contribution in [1.82, 2.24) is 16.2 Å². The molecule has 1 aromatic rings. The van der Waals surface area contributed by atoms with E-state index in [9.17, 15) is 14.4 Å². The first-order valence-corrected chi connectivity index (χ1v) is 7.55. The highest BCUT2D eigenvalue weighted by atomic mass is 79.9. The van der Waals surface area contributed by atoms with Crippen LogP contribution in [-0.2, 0) is 9.59 Å². The molecule has 0 aliphatic heterocycles. The van der Waals surface area contributed by atoms with Gasteiger partial charge in [0.2, 0.25) is 5.91 Å². The molecule has 0 bridgehead atoms. The summed E-state index contributed by atoms with van der Waals surface area (Å²) in [5.41, 5.74) is 4.64. The lowest BCUT2D eigenvalue weighted by Gasteiger charge is -2.20. The van der Waals surface area contributed by atoms with Gasteiger partial charge in [0.25, 0.3) is 11.8 Å². The molecule has 3 N–H and O–H groups in total. The standard InChI is InChI=1S/C12H16BrN3O3S/c1-6(2)10(14-7(3)17)12(19)16-15-11(18)8-4-5-9(13)20-8/h4-6,10H,1-3H3,(H,14,17)(H,15,18)(H,16,19)/t10-/m1/s1. The SMILES string of the molecule is CC(=O)N[C@@H](C(=O)NNC(=O)c1ccc(Br)s1)C(C)C. The van der Waals surface area contributed by atoms with Crippen LogP contribution in [0.2, 0.25) is 0 Å². The van der Waals surface area contributed by atoms with E-state index in [-0.39, 0.29) is 11.8 Å². The highest BCUT2D eigenvalue weighted by Gasteiger charge is 2.23. The third kappa shape index (κ3) is 4.93. The molecule has 1 rings (SSSR count). The molecule has 8 heteroatoms. The maximum Gasteiger partial charge on any atom is 0.279 e. The minimum atomic E-state index is -0.692. The Morgan fingerprint density at radius 1 is 1.20 bits per heavy atom. The van der Waals surface area contributed by atoms with E-state index in [2.05, 4.69) is 32.1 Å². The van der Waals surface area contributed by atoms with Crippen molar-refractivity contribution >= 4 is 45.0 Å². The zero-order valence-electron chi connectivity index (χ0n) is 11.3. The molecule has 0 radical (unpaired) electrons. The van der Waals surface area contributed by atoms with Gasteiger partial charge in [-0.15, -0.1) is 11.3 Å². The van der Waals surface area contributed by atoms with Crippen LogP contribution in [0.4, 0.5) is 0 Å². The van der Waals surface area contributed by atoms with Crippen LogP contribution in [0.15, 0.2) is 15.9 Å². The lowest BCUT2D eigenvalue weighted by Crippen LogP contribution is -2.53. The van der Waals surface area contributed by atoms with Crippen molar-refractivity contribution in [2.24, 2.45) is 5.92 Å². The van der Waals surface area contributed by atoms with Gasteiger partial charge in [0, 0.05) is 6.92 Å². The first-order chi connectivity index (χ1) is 9.31. The fraction of sp³-hybridized carbons (Fsp3) is 0.417. The largest absolute Gasteiger partial charge is 0.344 e. The van der Waals surface area contributed by atoms with Gasteiger partial charge in [0.1, 0.15) is 6.04 Å². The molecule has 0 spiro atoms. The quantitative estimate of drug-likeness (QED) is 0.709. The molecule has 0 aliphatic carbocycles. The number of rotatable bonds is 4. The minimum absolute atomic E-state index is 0.0910. The van der Waals surface area contributed by atoms with Gasteiger partial charge in [-0.25, -0.2) is 0 Å². The number of hydrogen-bond acceptors (Lipinski definition) is 4. The number of thiophene rings is 1. The fourth-order valence-electron chi connectivity index (χ4n) is 1.45. The van der Waals surface area contributed by atoms with Gasteiger partial charge in [-0.1, -0.05) is 13.8 Å². The molecule has 6 nitrogen and oxygen atoms in total. The molecule has 20 heavy (non-hydrogen) atoms. The molecule has 3 amide bonds. The number of hydrogen-bond donors (Lipinski definition) is 3. The summed E-state index contributed by atoms with van der Waals surface area (Å²) in [6.45, 7) is 4.95. The van der Waals surface area contributed by atoms with Crippen LogP contribution in [0.5, 0.6) is 0 Å². The van der Waals surface area contributed by atoms with Crippen molar-refractivity contribution in [2.45, 2.75) is 26.8 Å². The van der Waals surface area contributed by atoms with Crippen molar-refractivity contribution in [3.05, 3.63) is 20.8 Å². The normalized spacial score (nSPS) is 11.8. The maximum absolute atomic E-state index is 11.9. The number of carbonyl (C=O) groups is 3. The Hall–Kier alpha value is -1.41. The van der Waals surface area contributed by atoms with Crippen LogP contribution in [0.25, 0.3) is 0 Å². The number of carbonyl (C=O) groups excluding carboxylic acids is 3. The second kappa shape index (κ2) is 7.39. The van der Waals surface area contributed by atoms with Gasteiger partial charge < -0.3 is 5.32 Å². The van der Waals surface area contributed by atoms with Crippen LogP contribution < -0.4 is 16.2 Å². The smallest absolute Gasteiger partial charge is 0.279 e. The number of amides is 3. The van der Waals surface area contributed by atoms with Crippen LogP contribution >= 0.6 is 27.3 Å². The molecule has 110 valence electrons. The molecular formula is C12H16BrN3O3S. The van der Waals surface area contributed by atoms with Gasteiger partial charge in [-0.2, -0.15) is 0 Å². The summed E-state index contributed by atoms with van der Waals surface area (Å²) in [5, 5.41) is 2.54. The Bertz CT molecular complexity index is 516. The summed E-state index contributed by atoms with van der Waals surface area (Å²) in [6.07, 6.45) is 0. The van der Waals surface area contributed by atoms with Gasteiger partial charge in [-0.3, -0.25) is 25.2 Å². The molecular weight excluding hydrogens is 346 g/mol. The van der Waals surface area contributed by atoms with Crippen LogP contribution in [0.1, 0.15) is 30.4 Å². The van der Waals surface area contributed by atoms with Crippen molar-refractivity contribution in [1.29, 1.82) is 0 Å². The van der Waals surface area contributed by atoms with Gasteiger partial charge >= 0.3 is 0 Å². The fourth-order valence-corrected chi connectivity index (χ4v) is 2.73. The first-order valence-electron chi connectivity index (χ1n) is 5.94. The van der Waals surface area contributed by atoms with Crippen molar-refractivity contribution in [2.75, 3.05) is 0 Å². The Labute approximate surface area is 129 Å². The molecule has 0 aromatic carbocycles. The topological polar surface area (TPSA) is 87.3 Å². The zero-order valence-corrected chi connectivity index (χ0v) is 13.7. The Kier molecular flexibility index (Phi) is 6.15. The highest BCUT2D eigenvalue weighted by Crippen LogP contribution is 2.21. The number of halogens is 1. The summed E-state index contributed by atoms with van der Waals surface area (Å²) in [4.78, 5) is 35.2. The molecule has 0 unspecified atom stereocenters. The first kappa shape index (κ1) is 16.6. The molecule has 1 heterocycles. The van der Waals surface area contributed by atoms with E-state index in [1.165, 1.54) is 18.3 Å². The summed E-state index contributed by atoms with van der Waals surface area (Å²) >= 11 is 4.51. The third-order valence-corrected chi connectivity index (χ3v) is 4.03. The molecule has 0 saturated heterocycles. The summed E-state index contributed by atoms with van der Waals surface area (Å²) < 4.78 is 0.826. The van der Waals surface area contributed by atoms with E-state index >= 15 is 0 Å². The van der Waals surface area contributed by atoms with Gasteiger partial charge in [-0.05, 0) is 34.0 Å². The van der Waals surface area contributed by atoms with Crippen LogP contribution in [-0.4, -0.2) is 23.8 Å². The number of nitrogens with one attached hydrogen (secondary N) is 3. The second-order valence-electron chi connectivity index (χ2n) is 4.47. The van der Waals surface area contributed by atoms with Crippen LogP contribution in [0, 0.1) is 5.92 Å². The predicted molar refractivity (Wildman–Crippen MR) is 80.1 cm³/mol. The lowest BCUT2D eigenvalue weighted by molar-refractivity contribution is -0.129. The average Bonchev–Trinajstić information content (AvgIpc) is 2.78. The van der Waals surface area contributed by atoms with E-state index in [0.29, 0.717) is 4.88 Å². The van der Waals surface area contributed by atoms with E-state index in [1.54, 1.807) is 26.0 Å². The molecule has 1 aromatic heterocycles. The molecule has 0 aliphatic rings. The average molecular weight is 362 g/mol.